The largest absolute Gasteiger partial charge is 0.394 e. The lowest BCUT2D eigenvalue weighted by atomic mass is 9.99. The Morgan fingerprint density at radius 2 is 0.827 bits per heavy atom. The van der Waals surface area contributed by atoms with E-state index in [-0.39, 0.29) is 0 Å². The number of carbonyl (C=O) groups is 1. The highest BCUT2D eigenvalue weighted by molar-refractivity contribution is 5.80. The lowest BCUT2D eigenvalue weighted by Gasteiger charge is -2.27. The lowest BCUT2D eigenvalue weighted by molar-refractivity contribution is -0.132. The standard InChI is InChI=1S/C46H89NO5/c1-3-5-7-9-11-13-15-16-17-18-19-20-21-22-23-24-25-26-27-28-29-30-32-34-36-38-40-44(50)46(52)47-42(41-48)45(51)43(49)39-37-35-33-31-14-12-10-8-6-4-2/h19-20,22-23,42-45,48-51H,3-18,21,24-41H2,1-2H3,(H,47,52)/b20-19-,23-22-. The van der Waals surface area contributed by atoms with E-state index >= 15 is 0 Å². The van der Waals surface area contributed by atoms with Crippen LogP contribution in [-0.4, -0.2) is 57.3 Å². The van der Waals surface area contributed by atoms with Gasteiger partial charge in [0.05, 0.1) is 18.8 Å². The van der Waals surface area contributed by atoms with Gasteiger partial charge in [0.25, 0.3) is 0 Å². The van der Waals surface area contributed by atoms with Crippen LogP contribution in [0.4, 0.5) is 0 Å². The SMILES string of the molecule is CCCCCCCCCCC/C=C\C/C=C\CCCCCCCCCCCCC(O)C(=O)NC(CO)C(O)C(O)CCCCCCCCCCCC. The van der Waals surface area contributed by atoms with E-state index in [1.807, 2.05) is 0 Å². The molecule has 0 saturated heterocycles. The van der Waals surface area contributed by atoms with Gasteiger partial charge >= 0.3 is 0 Å². The number of hydrogen-bond donors (Lipinski definition) is 5. The van der Waals surface area contributed by atoms with Gasteiger partial charge in [-0.05, 0) is 44.9 Å². The smallest absolute Gasteiger partial charge is 0.249 e. The van der Waals surface area contributed by atoms with Crippen molar-refractivity contribution >= 4 is 5.91 Å². The normalized spacial score (nSPS) is 14.3. The summed E-state index contributed by atoms with van der Waals surface area (Å²) in [4.78, 5) is 12.5. The van der Waals surface area contributed by atoms with Gasteiger partial charge in [-0.25, -0.2) is 0 Å². The molecule has 0 rings (SSSR count). The number of amides is 1. The number of aliphatic hydroxyl groups excluding tert-OH is 4. The second-order valence-electron chi connectivity index (χ2n) is 15.8. The molecule has 0 fully saturated rings. The minimum Gasteiger partial charge on any atom is -0.394 e. The van der Waals surface area contributed by atoms with Crippen LogP contribution in [0.15, 0.2) is 24.3 Å². The summed E-state index contributed by atoms with van der Waals surface area (Å²) in [6.07, 6.45) is 46.5. The second kappa shape index (κ2) is 41.0. The molecular formula is C46H89NO5. The Hall–Kier alpha value is -1.21. The molecule has 0 aliphatic carbocycles. The highest BCUT2D eigenvalue weighted by Crippen LogP contribution is 2.16. The van der Waals surface area contributed by atoms with Crippen molar-refractivity contribution in [3.05, 3.63) is 24.3 Å². The Morgan fingerprint density at radius 1 is 0.481 bits per heavy atom. The van der Waals surface area contributed by atoms with Gasteiger partial charge < -0.3 is 25.7 Å². The molecule has 0 saturated carbocycles. The molecular weight excluding hydrogens is 647 g/mol. The molecule has 0 spiro atoms. The summed E-state index contributed by atoms with van der Waals surface area (Å²) in [5.41, 5.74) is 0. The van der Waals surface area contributed by atoms with E-state index in [4.69, 9.17) is 0 Å². The van der Waals surface area contributed by atoms with Crippen LogP contribution in [0.3, 0.4) is 0 Å². The van der Waals surface area contributed by atoms with Crippen molar-refractivity contribution in [1.82, 2.24) is 5.32 Å². The first-order chi connectivity index (χ1) is 25.5. The van der Waals surface area contributed by atoms with Crippen molar-refractivity contribution in [1.29, 1.82) is 0 Å². The minimum absolute atomic E-state index is 0.366. The van der Waals surface area contributed by atoms with Gasteiger partial charge in [-0.1, -0.05) is 212 Å². The van der Waals surface area contributed by atoms with E-state index in [1.54, 1.807) is 0 Å². The van der Waals surface area contributed by atoms with Gasteiger partial charge in [0.15, 0.2) is 0 Å². The number of carbonyl (C=O) groups excluding carboxylic acids is 1. The average Bonchev–Trinajstić information content (AvgIpc) is 3.15. The van der Waals surface area contributed by atoms with Crippen LogP contribution in [0.5, 0.6) is 0 Å². The Balaban J connectivity index is 3.66. The fourth-order valence-electron chi connectivity index (χ4n) is 7.02. The molecule has 1 amide bonds. The molecule has 4 unspecified atom stereocenters. The summed E-state index contributed by atoms with van der Waals surface area (Å²) in [5, 5.41) is 43.6. The first-order valence-corrected chi connectivity index (χ1v) is 22.7. The second-order valence-corrected chi connectivity index (χ2v) is 15.8. The molecule has 0 aromatic carbocycles. The number of nitrogens with one attached hydrogen (secondary N) is 1. The zero-order valence-corrected chi connectivity index (χ0v) is 34.6. The molecule has 0 aliphatic heterocycles. The predicted molar refractivity (Wildman–Crippen MR) is 224 cm³/mol. The van der Waals surface area contributed by atoms with Crippen LogP contribution in [0, 0.1) is 0 Å². The van der Waals surface area contributed by atoms with Crippen LogP contribution in [0.25, 0.3) is 0 Å². The summed E-state index contributed by atoms with van der Waals surface area (Å²) in [6, 6.07) is -0.983. The number of aliphatic hydroxyl groups is 4. The summed E-state index contributed by atoms with van der Waals surface area (Å²) in [5.74, 6) is -0.587. The Labute approximate surface area is 323 Å². The van der Waals surface area contributed by atoms with Crippen molar-refractivity contribution < 1.29 is 25.2 Å². The first-order valence-electron chi connectivity index (χ1n) is 22.7. The molecule has 0 radical (unpaired) electrons. The van der Waals surface area contributed by atoms with Crippen LogP contribution < -0.4 is 5.32 Å². The average molecular weight is 736 g/mol. The molecule has 4 atom stereocenters. The lowest BCUT2D eigenvalue weighted by Crippen LogP contribution is -2.53. The van der Waals surface area contributed by atoms with E-state index in [9.17, 15) is 25.2 Å². The molecule has 308 valence electrons. The van der Waals surface area contributed by atoms with Crippen molar-refractivity contribution in [2.45, 2.75) is 257 Å². The quantitative estimate of drug-likeness (QED) is 0.0317. The molecule has 0 aromatic heterocycles. The third-order valence-corrected chi connectivity index (χ3v) is 10.7. The van der Waals surface area contributed by atoms with Crippen molar-refractivity contribution in [3.63, 3.8) is 0 Å². The zero-order valence-electron chi connectivity index (χ0n) is 34.6. The van der Waals surface area contributed by atoms with E-state index in [2.05, 4.69) is 43.5 Å². The molecule has 6 nitrogen and oxygen atoms in total. The van der Waals surface area contributed by atoms with E-state index in [1.165, 1.54) is 161 Å². The number of hydrogen-bond acceptors (Lipinski definition) is 5. The maximum absolute atomic E-state index is 12.5. The van der Waals surface area contributed by atoms with E-state index in [0.29, 0.717) is 12.8 Å². The molecule has 52 heavy (non-hydrogen) atoms. The zero-order chi connectivity index (χ0) is 38.2. The summed E-state index contributed by atoms with van der Waals surface area (Å²) in [7, 11) is 0. The molecule has 5 N–H and O–H groups in total. The van der Waals surface area contributed by atoms with Gasteiger partial charge in [-0.15, -0.1) is 0 Å². The third-order valence-electron chi connectivity index (χ3n) is 10.7. The van der Waals surface area contributed by atoms with Crippen molar-refractivity contribution in [2.75, 3.05) is 6.61 Å². The van der Waals surface area contributed by atoms with Crippen LogP contribution in [0.2, 0.25) is 0 Å². The monoisotopic (exact) mass is 736 g/mol. The third kappa shape index (κ3) is 34.6. The number of allylic oxidation sites excluding steroid dienone is 4. The van der Waals surface area contributed by atoms with Gasteiger partial charge in [0.2, 0.25) is 5.91 Å². The van der Waals surface area contributed by atoms with E-state index in [0.717, 1.165) is 44.9 Å². The van der Waals surface area contributed by atoms with Crippen molar-refractivity contribution in [3.8, 4) is 0 Å². The Kier molecular flexibility index (Phi) is 40.0. The highest BCUT2D eigenvalue weighted by Gasteiger charge is 2.28. The maximum atomic E-state index is 12.5. The molecule has 0 heterocycles. The molecule has 6 heteroatoms. The van der Waals surface area contributed by atoms with Gasteiger partial charge in [-0.2, -0.15) is 0 Å². The van der Waals surface area contributed by atoms with Gasteiger partial charge in [0, 0.05) is 0 Å². The molecule has 0 aromatic rings. The maximum Gasteiger partial charge on any atom is 0.249 e. The number of rotatable bonds is 41. The topological polar surface area (TPSA) is 110 Å². The Bertz CT molecular complexity index is 787. The van der Waals surface area contributed by atoms with Crippen molar-refractivity contribution in [2.24, 2.45) is 0 Å². The van der Waals surface area contributed by atoms with Crippen LogP contribution in [-0.2, 0) is 4.79 Å². The number of unbranched alkanes of at least 4 members (excludes halogenated alkanes) is 28. The Morgan fingerprint density at radius 3 is 1.21 bits per heavy atom. The van der Waals surface area contributed by atoms with E-state index < -0.39 is 36.9 Å². The minimum atomic E-state index is -1.26. The van der Waals surface area contributed by atoms with Gasteiger partial charge in [0.1, 0.15) is 12.2 Å². The fraction of sp³-hybridized carbons (Fsp3) is 0.891. The summed E-state index contributed by atoms with van der Waals surface area (Å²) < 4.78 is 0. The fourth-order valence-corrected chi connectivity index (χ4v) is 7.02. The molecule has 0 bridgehead atoms. The van der Waals surface area contributed by atoms with Gasteiger partial charge in [-0.3, -0.25) is 4.79 Å². The summed E-state index contributed by atoms with van der Waals surface area (Å²) in [6.45, 7) is 4.03. The van der Waals surface area contributed by atoms with Crippen LogP contribution in [0.1, 0.15) is 232 Å². The van der Waals surface area contributed by atoms with Crippen LogP contribution >= 0.6 is 0 Å². The highest BCUT2D eigenvalue weighted by atomic mass is 16.3. The first kappa shape index (κ1) is 50.8. The molecule has 0 aliphatic rings. The summed E-state index contributed by atoms with van der Waals surface area (Å²) >= 11 is 0. The predicted octanol–water partition coefficient (Wildman–Crippen LogP) is 12.0.